The molecule has 2 heterocycles. The zero-order valence-electron chi connectivity index (χ0n) is 18.4. The summed E-state index contributed by atoms with van der Waals surface area (Å²) in [6, 6.07) is 5.93. The molecule has 0 radical (unpaired) electrons. The normalized spacial score (nSPS) is 13.6. The van der Waals surface area contributed by atoms with Crippen molar-refractivity contribution in [3.8, 4) is 22.6 Å². The van der Waals surface area contributed by atoms with E-state index in [0.29, 0.717) is 18.8 Å². The maximum absolute atomic E-state index is 12.5. The Balaban J connectivity index is 2.16. The number of hydrogen-bond donors (Lipinski definition) is 1. The molecule has 0 saturated carbocycles. The van der Waals surface area contributed by atoms with Crippen LogP contribution in [0.1, 0.15) is 68.7 Å². The van der Waals surface area contributed by atoms with Crippen LogP contribution < -0.4 is 15.2 Å². The molecule has 2 N–H and O–H groups in total. The van der Waals surface area contributed by atoms with Crippen LogP contribution in [0.2, 0.25) is 0 Å². The fraction of sp³-hybridized carbons (Fsp3) is 0.542. The van der Waals surface area contributed by atoms with Gasteiger partial charge in [-0.3, -0.25) is 4.79 Å². The number of ether oxygens (including phenoxy) is 2. The lowest BCUT2D eigenvalue weighted by molar-refractivity contribution is 0.1000. The van der Waals surface area contributed by atoms with E-state index in [9.17, 15) is 4.79 Å². The molecule has 0 spiro atoms. The van der Waals surface area contributed by atoms with Crippen molar-refractivity contribution in [1.29, 1.82) is 0 Å². The first-order valence-electron chi connectivity index (χ1n) is 10.6. The molecule has 2 aromatic rings. The summed E-state index contributed by atoms with van der Waals surface area (Å²) in [6.07, 6.45) is 4.10. The third kappa shape index (κ3) is 4.60. The molecule has 0 atom stereocenters. The molecular weight excluding hydrogens is 364 g/mol. The van der Waals surface area contributed by atoms with Gasteiger partial charge in [-0.05, 0) is 49.3 Å². The quantitative estimate of drug-likeness (QED) is 0.704. The molecule has 158 valence electrons. The zero-order chi connectivity index (χ0) is 21.2. The minimum absolute atomic E-state index is 0.211. The number of carbonyl (C=O) groups excluding carboxylic acids is 1. The molecule has 0 bridgehead atoms. The van der Waals surface area contributed by atoms with Crippen molar-refractivity contribution in [1.82, 2.24) is 4.57 Å². The standard InChI is InChI=1S/C24H34N2O3/c1-6-7-8-18-22(17-9-10-19-20(15-17)29-14-13-28-19)21(23(25)27)16(2)26(18)12-11-24(3,4)5/h9-10,15H,6-8,11-14H2,1-5H3,(H2,25,27). The second-order valence-corrected chi connectivity index (χ2v) is 9.07. The van der Waals surface area contributed by atoms with E-state index >= 15 is 0 Å². The Labute approximate surface area is 174 Å². The van der Waals surface area contributed by atoms with Crippen molar-refractivity contribution in [2.45, 2.75) is 66.8 Å². The number of rotatable bonds is 7. The van der Waals surface area contributed by atoms with Crippen LogP contribution in [0.4, 0.5) is 0 Å². The van der Waals surface area contributed by atoms with Crippen LogP contribution in [0.25, 0.3) is 11.1 Å². The van der Waals surface area contributed by atoms with Crippen LogP contribution in [0.5, 0.6) is 11.5 Å². The second-order valence-electron chi connectivity index (χ2n) is 9.07. The largest absolute Gasteiger partial charge is 0.486 e. The zero-order valence-corrected chi connectivity index (χ0v) is 18.4. The van der Waals surface area contributed by atoms with Crippen molar-refractivity contribution in [2.75, 3.05) is 13.2 Å². The van der Waals surface area contributed by atoms with Gasteiger partial charge in [0.1, 0.15) is 13.2 Å². The first-order chi connectivity index (χ1) is 13.7. The SMILES string of the molecule is CCCCc1c(-c2ccc3c(c2)OCCO3)c(C(N)=O)c(C)n1CCC(C)(C)C. The maximum Gasteiger partial charge on any atom is 0.251 e. The summed E-state index contributed by atoms with van der Waals surface area (Å²) in [6.45, 7) is 12.9. The first-order valence-corrected chi connectivity index (χ1v) is 10.6. The molecule has 1 amide bonds. The molecule has 1 aromatic carbocycles. The molecule has 0 unspecified atom stereocenters. The van der Waals surface area contributed by atoms with Gasteiger partial charge >= 0.3 is 0 Å². The third-order valence-electron chi connectivity index (χ3n) is 5.56. The predicted molar refractivity (Wildman–Crippen MR) is 117 cm³/mol. The minimum Gasteiger partial charge on any atom is -0.486 e. The fourth-order valence-electron chi connectivity index (χ4n) is 3.96. The molecule has 1 aromatic heterocycles. The summed E-state index contributed by atoms with van der Waals surface area (Å²) < 4.78 is 13.8. The molecule has 5 heteroatoms. The number of benzene rings is 1. The Morgan fingerprint density at radius 2 is 1.86 bits per heavy atom. The molecule has 0 fully saturated rings. The highest BCUT2D eigenvalue weighted by molar-refractivity contribution is 6.02. The highest BCUT2D eigenvalue weighted by atomic mass is 16.6. The van der Waals surface area contributed by atoms with Gasteiger partial charge in [0.05, 0.1) is 5.56 Å². The van der Waals surface area contributed by atoms with Crippen molar-refractivity contribution >= 4 is 5.91 Å². The molecular formula is C24H34N2O3. The highest BCUT2D eigenvalue weighted by Crippen LogP contribution is 2.40. The minimum atomic E-state index is -0.375. The van der Waals surface area contributed by atoms with E-state index in [1.54, 1.807) is 0 Å². The van der Waals surface area contributed by atoms with Crippen LogP contribution in [0.15, 0.2) is 18.2 Å². The number of unbranched alkanes of at least 4 members (excludes halogenated alkanes) is 1. The monoisotopic (exact) mass is 398 g/mol. The third-order valence-corrected chi connectivity index (χ3v) is 5.56. The van der Waals surface area contributed by atoms with Gasteiger partial charge in [0.2, 0.25) is 0 Å². The van der Waals surface area contributed by atoms with Crippen molar-refractivity contribution in [3.05, 3.63) is 35.2 Å². The molecule has 29 heavy (non-hydrogen) atoms. The molecule has 5 nitrogen and oxygen atoms in total. The number of amides is 1. The Hall–Kier alpha value is -2.43. The van der Waals surface area contributed by atoms with Gasteiger partial charge in [-0.25, -0.2) is 0 Å². The summed E-state index contributed by atoms with van der Waals surface area (Å²) in [5.41, 5.74) is 10.8. The van der Waals surface area contributed by atoms with Crippen molar-refractivity contribution < 1.29 is 14.3 Å². The summed E-state index contributed by atoms with van der Waals surface area (Å²) in [7, 11) is 0. The molecule has 0 aliphatic carbocycles. The topological polar surface area (TPSA) is 66.5 Å². The Bertz CT molecular complexity index is 891. The predicted octanol–water partition coefficient (Wildman–Crippen LogP) is 5.11. The van der Waals surface area contributed by atoms with Gasteiger partial charge in [-0.15, -0.1) is 0 Å². The summed E-state index contributed by atoms with van der Waals surface area (Å²) in [5.74, 6) is 1.10. The average molecular weight is 399 g/mol. The van der Waals surface area contributed by atoms with E-state index in [-0.39, 0.29) is 11.3 Å². The van der Waals surface area contributed by atoms with Crippen LogP contribution >= 0.6 is 0 Å². The number of primary amides is 1. The van der Waals surface area contributed by atoms with Crippen LogP contribution in [0, 0.1) is 12.3 Å². The molecule has 1 aliphatic heterocycles. The Morgan fingerprint density at radius 1 is 1.17 bits per heavy atom. The summed E-state index contributed by atoms with van der Waals surface area (Å²) in [5, 5.41) is 0. The lowest BCUT2D eigenvalue weighted by atomic mass is 9.92. The lowest BCUT2D eigenvalue weighted by Gasteiger charge is -2.21. The van der Waals surface area contributed by atoms with Crippen LogP contribution in [-0.2, 0) is 13.0 Å². The molecule has 1 aliphatic rings. The van der Waals surface area contributed by atoms with E-state index < -0.39 is 0 Å². The second kappa shape index (κ2) is 8.52. The smallest absolute Gasteiger partial charge is 0.251 e. The molecule has 3 rings (SSSR count). The number of nitrogens with two attached hydrogens (primary N) is 1. The maximum atomic E-state index is 12.5. The van der Waals surface area contributed by atoms with Gasteiger partial charge in [0.15, 0.2) is 11.5 Å². The van der Waals surface area contributed by atoms with Crippen LogP contribution in [0.3, 0.4) is 0 Å². The van der Waals surface area contributed by atoms with E-state index in [1.807, 2.05) is 25.1 Å². The lowest BCUT2D eigenvalue weighted by Crippen LogP contribution is -2.15. The van der Waals surface area contributed by atoms with E-state index in [4.69, 9.17) is 15.2 Å². The number of hydrogen-bond acceptors (Lipinski definition) is 3. The van der Waals surface area contributed by atoms with Gasteiger partial charge in [0, 0.05) is 23.5 Å². The number of fused-ring (bicyclic) bond motifs is 1. The van der Waals surface area contributed by atoms with Gasteiger partial charge in [-0.2, -0.15) is 0 Å². The van der Waals surface area contributed by atoms with E-state index in [0.717, 1.165) is 60.5 Å². The molecule has 0 saturated heterocycles. The first kappa shape index (κ1) is 21.3. The highest BCUT2D eigenvalue weighted by Gasteiger charge is 2.26. The van der Waals surface area contributed by atoms with Gasteiger partial charge < -0.3 is 19.8 Å². The van der Waals surface area contributed by atoms with Crippen molar-refractivity contribution in [2.24, 2.45) is 11.1 Å². The number of nitrogens with zero attached hydrogens (tertiary/aromatic N) is 1. The number of aromatic nitrogens is 1. The summed E-state index contributed by atoms with van der Waals surface area (Å²) in [4.78, 5) is 12.5. The van der Waals surface area contributed by atoms with Gasteiger partial charge in [-0.1, -0.05) is 40.2 Å². The van der Waals surface area contributed by atoms with Gasteiger partial charge in [0.25, 0.3) is 5.91 Å². The average Bonchev–Trinajstić information content (AvgIpc) is 2.95. The van der Waals surface area contributed by atoms with Crippen molar-refractivity contribution in [3.63, 3.8) is 0 Å². The van der Waals surface area contributed by atoms with E-state index in [2.05, 4.69) is 32.3 Å². The fourth-order valence-corrected chi connectivity index (χ4v) is 3.96. The Morgan fingerprint density at radius 3 is 2.48 bits per heavy atom. The van der Waals surface area contributed by atoms with E-state index in [1.165, 1.54) is 5.69 Å². The van der Waals surface area contributed by atoms with Crippen LogP contribution in [-0.4, -0.2) is 23.7 Å². The Kier molecular flexibility index (Phi) is 6.25. The summed E-state index contributed by atoms with van der Waals surface area (Å²) >= 11 is 0. The number of carbonyl (C=O) groups is 1.